The molecule has 3 heteroatoms. The van der Waals surface area contributed by atoms with Gasteiger partial charge in [0.1, 0.15) is 0 Å². The van der Waals surface area contributed by atoms with Crippen LogP contribution in [-0.2, 0) is 5.41 Å². The van der Waals surface area contributed by atoms with Gasteiger partial charge in [0.15, 0.2) is 5.13 Å². The summed E-state index contributed by atoms with van der Waals surface area (Å²) in [5.74, 6) is 0. The number of rotatable bonds is 6. The summed E-state index contributed by atoms with van der Waals surface area (Å²) >= 11 is 0.974. The summed E-state index contributed by atoms with van der Waals surface area (Å²) in [6.07, 6.45) is 5.71. The van der Waals surface area contributed by atoms with Crippen LogP contribution < -0.4 is 0 Å². The first kappa shape index (κ1) is 12.6. The number of nitrogens with zero attached hydrogens (tertiary/aromatic N) is 1. The van der Waals surface area contributed by atoms with E-state index in [-0.39, 0.29) is 10.5 Å². The van der Waals surface area contributed by atoms with E-state index in [2.05, 4.69) is 25.1 Å². The molecule has 0 aliphatic rings. The van der Waals surface area contributed by atoms with E-state index in [1.807, 2.05) is 0 Å². The lowest BCUT2D eigenvalue weighted by atomic mass is 9.78. The van der Waals surface area contributed by atoms with Gasteiger partial charge in [0.25, 0.3) is 0 Å². The van der Waals surface area contributed by atoms with Crippen LogP contribution >= 0.6 is 11.5 Å². The Labute approximate surface area is 95.9 Å². The number of aromatic nitrogens is 1. The van der Waals surface area contributed by atoms with Crippen LogP contribution in [0.4, 0.5) is 4.39 Å². The highest BCUT2D eigenvalue weighted by Crippen LogP contribution is 2.34. The molecule has 1 aromatic rings. The summed E-state index contributed by atoms with van der Waals surface area (Å²) < 4.78 is 17.2. The second kappa shape index (κ2) is 5.59. The summed E-state index contributed by atoms with van der Waals surface area (Å²) in [4.78, 5) is 0. The third-order valence-electron chi connectivity index (χ3n) is 2.98. The maximum absolute atomic E-state index is 13.0. The zero-order valence-electron chi connectivity index (χ0n) is 9.85. The Morgan fingerprint density at radius 2 is 2.07 bits per heavy atom. The highest BCUT2D eigenvalue weighted by molar-refractivity contribution is 7.04. The molecule has 0 saturated heterocycles. The van der Waals surface area contributed by atoms with Crippen LogP contribution in [0, 0.1) is 5.13 Å². The first-order chi connectivity index (χ1) is 7.12. The second-order valence-electron chi connectivity index (χ2n) is 4.43. The van der Waals surface area contributed by atoms with Gasteiger partial charge in [-0.2, -0.15) is 8.76 Å². The molecule has 0 saturated carbocycles. The van der Waals surface area contributed by atoms with Crippen molar-refractivity contribution in [3.05, 3.63) is 16.9 Å². The Morgan fingerprint density at radius 3 is 2.53 bits per heavy atom. The first-order valence-electron chi connectivity index (χ1n) is 5.75. The molecule has 1 atom stereocenters. The van der Waals surface area contributed by atoms with Gasteiger partial charge < -0.3 is 0 Å². The lowest BCUT2D eigenvalue weighted by molar-refractivity contribution is 0.375. The Hall–Kier alpha value is -0.440. The lowest BCUT2D eigenvalue weighted by Gasteiger charge is -2.27. The Bertz CT molecular complexity index is 298. The predicted octanol–water partition coefficient (Wildman–Crippen LogP) is 4.53. The minimum Gasteiger partial charge on any atom is -0.194 e. The van der Waals surface area contributed by atoms with Crippen LogP contribution in [0.25, 0.3) is 0 Å². The van der Waals surface area contributed by atoms with E-state index in [1.54, 1.807) is 6.07 Å². The molecule has 1 heterocycles. The zero-order chi connectivity index (χ0) is 11.3. The van der Waals surface area contributed by atoms with Crippen LogP contribution in [0.2, 0.25) is 0 Å². The van der Waals surface area contributed by atoms with E-state index in [1.165, 1.54) is 12.8 Å². The minimum atomic E-state index is -0.163. The summed E-state index contributed by atoms with van der Waals surface area (Å²) in [6, 6.07) is 1.61. The van der Waals surface area contributed by atoms with E-state index >= 15 is 0 Å². The number of halogens is 1. The molecule has 0 aliphatic carbocycles. The minimum absolute atomic E-state index is 0.0750. The van der Waals surface area contributed by atoms with Gasteiger partial charge in [0.05, 0.1) is 5.69 Å². The van der Waals surface area contributed by atoms with Gasteiger partial charge >= 0.3 is 0 Å². The van der Waals surface area contributed by atoms with Gasteiger partial charge in [0, 0.05) is 11.5 Å². The van der Waals surface area contributed by atoms with Crippen LogP contribution in [0.15, 0.2) is 6.07 Å². The number of hydrogen-bond donors (Lipinski definition) is 0. The van der Waals surface area contributed by atoms with Gasteiger partial charge in [-0.25, -0.2) is 0 Å². The van der Waals surface area contributed by atoms with Crippen molar-refractivity contribution in [3.8, 4) is 0 Å². The number of unbranched alkanes of at least 4 members (excludes halogenated alkanes) is 1. The fourth-order valence-electron chi connectivity index (χ4n) is 2.04. The predicted molar refractivity (Wildman–Crippen MR) is 63.9 cm³/mol. The molecule has 0 N–H and O–H groups in total. The Kier molecular flexibility index (Phi) is 4.71. The molecule has 0 aliphatic heterocycles. The second-order valence-corrected chi connectivity index (χ2v) is 5.19. The van der Waals surface area contributed by atoms with Gasteiger partial charge in [0.2, 0.25) is 0 Å². The van der Waals surface area contributed by atoms with Crippen LogP contribution in [0.1, 0.15) is 58.6 Å². The largest absolute Gasteiger partial charge is 0.195 e. The van der Waals surface area contributed by atoms with Crippen molar-refractivity contribution in [3.63, 3.8) is 0 Å². The smallest absolute Gasteiger partial charge is 0.194 e. The van der Waals surface area contributed by atoms with E-state index in [4.69, 9.17) is 0 Å². The fraction of sp³-hybridized carbons (Fsp3) is 0.750. The molecule has 1 unspecified atom stereocenters. The maximum Gasteiger partial charge on any atom is 0.195 e. The average Bonchev–Trinajstić information content (AvgIpc) is 2.63. The van der Waals surface area contributed by atoms with Crippen molar-refractivity contribution in [2.24, 2.45) is 0 Å². The third kappa shape index (κ3) is 3.26. The summed E-state index contributed by atoms with van der Waals surface area (Å²) in [7, 11) is 0. The first-order valence-corrected chi connectivity index (χ1v) is 6.52. The molecule has 0 amide bonds. The van der Waals surface area contributed by atoms with Gasteiger partial charge in [-0.05, 0) is 24.4 Å². The topological polar surface area (TPSA) is 12.9 Å². The SMILES string of the molecule is CCCCC(C)(CCC)c1cc(F)sn1. The van der Waals surface area contributed by atoms with Crippen molar-refractivity contribution in [1.82, 2.24) is 4.37 Å². The van der Waals surface area contributed by atoms with Crippen molar-refractivity contribution in [1.29, 1.82) is 0 Å². The summed E-state index contributed by atoms with van der Waals surface area (Å²) in [5.41, 5.74) is 1.02. The standard InChI is InChI=1S/C12H20FNS/c1-4-6-8-12(3,7-5-2)10-9-11(13)15-14-10/h9H,4-8H2,1-3H3. The lowest BCUT2D eigenvalue weighted by Crippen LogP contribution is -2.22. The van der Waals surface area contributed by atoms with Crippen molar-refractivity contribution < 1.29 is 4.39 Å². The summed E-state index contributed by atoms with van der Waals surface area (Å²) in [5, 5.41) is -0.163. The van der Waals surface area contributed by atoms with Crippen LogP contribution in [-0.4, -0.2) is 4.37 Å². The molecule has 1 aromatic heterocycles. The maximum atomic E-state index is 13.0. The molecule has 15 heavy (non-hydrogen) atoms. The van der Waals surface area contributed by atoms with Crippen molar-refractivity contribution in [2.45, 2.75) is 58.3 Å². The quantitative estimate of drug-likeness (QED) is 0.698. The Morgan fingerprint density at radius 1 is 1.33 bits per heavy atom. The molecule has 0 spiro atoms. The number of hydrogen-bond acceptors (Lipinski definition) is 2. The molecule has 1 nitrogen and oxygen atoms in total. The highest BCUT2D eigenvalue weighted by atomic mass is 32.1. The molecule has 1 rings (SSSR count). The van der Waals surface area contributed by atoms with Gasteiger partial charge in [-0.15, -0.1) is 0 Å². The molecule has 0 bridgehead atoms. The van der Waals surface area contributed by atoms with E-state index < -0.39 is 0 Å². The zero-order valence-corrected chi connectivity index (χ0v) is 10.7. The summed E-state index contributed by atoms with van der Waals surface area (Å²) in [6.45, 7) is 6.57. The molecule has 0 aromatic carbocycles. The van der Waals surface area contributed by atoms with E-state index in [9.17, 15) is 4.39 Å². The molecule has 0 fully saturated rings. The van der Waals surface area contributed by atoms with E-state index in [0.717, 1.165) is 36.5 Å². The van der Waals surface area contributed by atoms with E-state index in [0.29, 0.717) is 0 Å². The monoisotopic (exact) mass is 229 g/mol. The van der Waals surface area contributed by atoms with Crippen LogP contribution in [0.5, 0.6) is 0 Å². The normalized spacial score (nSPS) is 15.2. The molecule has 0 radical (unpaired) electrons. The van der Waals surface area contributed by atoms with Crippen molar-refractivity contribution in [2.75, 3.05) is 0 Å². The molecular weight excluding hydrogens is 209 g/mol. The highest BCUT2D eigenvalue weighted by Gasteiger charge is 2.27. The van der Waals surface area contributed by atoms with Crippen LogP contribution in [0.3, 0.4) is 0 Å². The van der Waals surface area contributed by atoms with Crippen molar-refractivity contribution >= 4 is 11.5 Å². The fourth-order valence-corrected chi connectivity index (χ4v) is 2.66. The molecular formula is C12H20FNS. The Balaban J connectivity index is 2.79. The average molecular weight is 229 g/mol. The molecule has 86 valence electrons. The third-order valence-corrected chi connectivity index (χ3v) is 3.56. The van der Waals surface area contributed by atoms with Gasteiger partial charge in [-0.3, -0.25) is 0 Å². The van der Waals surface area contributed by atoms with Gasteiger partial charge in [-0.1, -0.05) is 40.0 Å².